The summed E-state index contributed by atoms with van der Waals surface area (Å²) in [4.78, 5) is 26.8. The van der Waals surface area contributed by atoms with Crippen LogP contribution in [0.4, 0.5) is 15.0 Å². The zero-order valence-electron chi connectivity index (χ0n) is 25.7. The molecule has 1 atom stereocenters. The number of nitrogens with zero attached hydrogens (tertiary/aromatic N) is 7. The van der Waals surface area contributed by atoms with Gasteiger partial charge in [-0.1, -0.05) is 18.2 Å². The number of ether oxygens (including phenoxy) is 2. The number of hydrogen-bond donors (Lipinski definition) is 1. The number of fused-ring (bicyclic) bond motifs is 2. The van der Waals surface area contributed by atoms with Crippen LogP contribution in [0.5, 0.6) is 5.75 Å². The molecule has 2 aliphatic rings. The monoisotopic (exact) mass is 610 g/mol. The van der Waals surface area contributed by atoms with Gasteiger partial charge >= 0.3 is 6.09 Å². The van der Waals surface area contributed by atoms with Crippen LogP contribution >= 0.6 is 0 Å². The molecule has 0 bridgehead atoms. The molecule has 0 radical (unpaired) electrons. The summed E-state index contributed by atoms with van der Waals surface area (Å²) in [6.45, 7) is 9.51. The molecule has 5 heterocycles. The molecule has 1 N–H and O–H groups in total. The van der Waals surface area contributed by atoms with Gasteiger partial charge in [0.15, 0.2) is 17.3 Å². The first-order valence-electron chi connectivity index (χ1n) is 15.0. The lowest BCUT2D eigenvalue weighted by Crippen LogP contribution is -2.44. The van der Waals surface area contributed by atoms with Crippen LogP contribution < -0.4 is 15.0 Å². The highest BCUT2D eigenvalue weighted by atomic mass is 19.1. The Bertz CT molecular complexity index is 1890. The topological polar surface area (TPSA) is 103 Å². The average molecular weight is 611 g/mol. The van der Waals surface area contributed by atoms with Crippen molar-refractivity contribution in [1.82, 2.24) is 34.5 Å². The number of rotatable bonds is 5. The molecule has 11 nitrogen and oxygen atoms in total. The molecule has 2 aromatic carbocycles. The Morgan fingerprint density at radius 2 is 1.80 bits per heavy atom. The van der Waals surface area contributed by atoms with Crippen LogP contribution in [-0.4, -0.2) is 80.7 Å². The molecule has 7 rings (SSSR count). The molecule has 0 unspecified atom stereocenters. The van der Waals surface area contributed by atoms with Crippen molar-refractivity contribution in [2.24, 2.45) is 0 Å². The maximum absolute atomic E-state index is 15.2. The first-order valence-corrected chi connectivity index (χ1v) is 15.0. The summed E-state index contributed by atoms with van der Waals surface area (Å²) in [6, 6.07) is 17.6. The van der Waals surface area contributed by atoms with E-state index in [1.54, 1.807) is 22.9 Å². The van der Waals surface area contributed by atoms with Crippen molar-refractivity contribution in [2.75, 3.05) is 44.7 Å². The van der Waals surface area contributed by atoms with Gasteiger partial charge in [-0.3, -0.25) is 4.57 Å². The van der Waals surface area contributed by atoms with Crippen LogP contribution in [0.15, 0.2) is 66.9 Å². The van der Waals surface area contributed by atoms with E-state index in [2.05, 4.69) is 22.2 Å². The summed E-state index contributed by atoms with van der Waals surface area (Å²) in [5, 5.41) is 7.72. The number of carbonyl (C=O) groups excluding carboxylic acids is 1. The minimum Gasteiger partial charge on any atom is -0.491 e. The minimum atomic E-state index is -0.615. The predicted octanol–water partition coefficient (Wildman–Crippen LogP) is 5.12. The lowest BCUT2D eigenvalue weighted by atomic mass is 10.1. The number of pyridine rings is 1. The zero-order valence-corrected chi connectivity index (χ0v) is 25.7. The van der Waals surface area contributed by atoms with Gasteiger partial charge in [0, 0.05) is 50.1 Å². The highest BCUT2D eigenvalue weighted by Crippen LogP contribution is 2.37. The highest BCUT2D eigenvalue weighted by molar-refractivity contribution is 5.81. The van der Waals surface area contributed by atoms with E-state index < -0.39 is 17.5 Å². The predicted molar refractivity (Wildman–Crippen MR) is 169 cm³/mol. The van der Waals surface area contributed by atoms with Gasteiger partial charge in [-0.15, -0.1) is 5.10 Å². The van der Waals surface area contributed by atoms with Gasteiger partial charge in [0.1, 0.15) is 35.1 Å². The van der Waals surface area contributed by atoms with Gasteiger partial charge in [-0.2, -0.15) is 0 Å². The summed E-state index contributed by atoms with van der Waals surface area (Å²) in [5.41, 5.74) is 2.40. The Kier molecular flexibility index (Phi) is 7.16. The maximum Gasteiger partial charge on any atom is 0.408 e. The Labute approximate surface area is 260 Å². The van der Waals surface area contributed by atoms with E-state index in [0.29, 0.717) is 39.8 Å². The van der Waals surface area contributed by atoms with Crippen LogP contribution in [-0.2, 0) is 4.74 Å². The number of alkyl carbamates (subject to hydrolysis) is 1. The van der Waals surface area contributed by atoms with Crippen LogP contribution in [0.3, 0.4) is 0 Å². The molecule has 232 valence electrons. The number of likely N-dealkylation sites (N-methyl/N-ethyl adjacent to an activating group) is 1. The number of benzene rings is 2. The zero-order chi connectivity index (χ0) is 31.3. The summed E-state index contributed by atoms with van der Waals surface area (Å²) in [7, 11) is 2.13. The summed E-state index contributed by atoms with van der Waals surface area (Å²) < 4.78 is 30.2. The summed E-state index contributed by atoms with van der Waals surface area (Å²) in [5.74, 6) is 2.14. The normalized spacial score (nSPS) is 16.9. The molecule has 0 spiro atoms. The number of aromatic nitrogens is 5. The Morgan fingerprint density at radius 1 is 1.00 bits per heavy atom. The van der Waals surface area contributed by atoms with Crippen LogP contribution in [0.25, 0.3) is 34.1 Å². The van der Waals surface area contributed by atoms with Crippen molar-refractivity contribution in [3.05, 3.63) is 78.2 Å². The van der Waals surface area contributed by atoms with Gasteiger partial charge in [0.25, 0.3) is 0 Å². The van der Waals surface area contributed by atoms with Crippen molar-refractivity contribution in [3.8, 4) is 28.6 Å². The molecule has 2 aliphatic heterocycles. The number of halogens is 1. The fourth-order valence-corrected chi connectivity index (χ4v) is 5.70. The van der Waals surface area contributed by atoms with E-state index in [1.807, 2.05) is 67.9 Å². The molecular formula is C33H35FN8O3. The fourth-order valence-electron chi connectivity index (χ4n) is 5.70. The third kappa shape index (κ3) is 5.68. The quantitative estimate of drug-likeness (QED) is 0.293. The minimum absolute atomic E-state index is 0.264. The Hall–Kier alpha value is -4.97. The van der Waals surface area contributed by atoms with E-state index in [-0.39, 0.29) is 12.6 Å². The molecule has 5 aromatic rings. The summed E-state index contributed by atoms with van der Waals surface area (Å²) >= 11 is 0. The molecule has 1 amide bonds. The van der Waals surface area contributed by atoms with Crippen molar-refractivity contribution < 1.29 is 18.7 Å². The van der Waals surface area contributed by atoms with Crippen LogP contribution in [0, 0.1) is 5.82 Å². The lowest BCUT2D eigenvalue weighted by Gasteiger charge is -2.32. The molecule has 0 aliphatic carbocycles. The van der Waals surface area contributed by atoms with Gasteiger partial charge < -0.3 is 24.6 Å². The second-order valence-corrected chi connectivity index (χ2v) is 12.4. The molecule has 3 aromatic heterocycles. The number of amides is 1. The molecule has 0 saturated carbocycles. The molecule has 12 heteroatoms. The van der Waals surface area contributed by atoms with E-state index in [1.165, 1.54) is 6.07 Å². The van der Waals surface area contributed by atoms with Crippen molar-refractivity contribution in [1.29, 1.82) is 0 Å². The van der Waals surface area contributed by atoms with Crippen molar-refractivity contribution >= 4 is 23.1 Å². The van der Waals surface area contributed by atoms with E-state index in [0.717, 1.165) is 37.6 Å². The number of nitrogens with one attached hydrogen (secondary N) is 1. The smallest absolute Gasteiger partial charge is 0.408 e. The van der Waals surface area contributed by atoms with E-state index >= 15 is 4.39 Å². The largest absolute Gasteiger partial charge is 0.491 e. The Morgan fingerprint density at radius 3 is 2.58 bits per heavy atom. The summed E-state index contributed by atoms with van der Waals surface area (Å²) in [6.07, 6.45) is 1.39. The van der Waals surface area contributed by atoms with E-state index in [9.17, 15) is 4.79 Å². The first kappa shape index (κ1) is 28.8. The van der Waals surface area contributed by atoms with Crippen LogP contribution in [0.2, 0.25) is 0 Å². The van der Waals surface area contributed by atoms with E-state index in [4.69, 9.17) is 24.5 Å². The number of carbonyl (C=O) groups is 1. The van der Waals surface area contributed by atoms with Gasteiger partial charge in [0.05, 0.1) is 17.3 Å². The standard InChI is InChI=1S/C33H35FN8O3/c1-33(2,3)45-32(43)36-26-20-44-27-19-21(9-10-23(26)27)42-30(22-7-5-6-8-24(22)34)35-25-11-12-28(37-31(25)42)41-14-13-29(38-41)40-17-15-39(4)16-18-40/h5-14,19,26H,15-18,20H2,1-4H3,(H,36,43)/t26-/m0/s1. The third-order valence-corrected chi connectivity index (χ3v) is 7.97. The molecule has 1 fully saturated rings. The van der Waals surface area contributed by atoms with Gasteiger partial charge in [-0.05, 0) is 58.2 Å². The number of imidazole rings is 1. The van der Waals surface area contributed by atoms with Crippen LogP contribution in [0.1, 0.15) is 32.4 Å². The Balaban J connectivity index is 1.27. The molecular weight excluding hydrogens is 575 g/mol. The van der Waals surface area contributed by atoms with Crippen molar-refractivity contribution in [3.63, 3.8) is 0 Å². The third-order valence-electron chi connectivity index (χ3n) is 7.97. The average Bonchev–Trinajstić information content (AvgIpc) is 3.74. The highest BCUT2D eigenvalue weighted by Gasteiger charge is 2.29. The second kappa shape index (κ2) is 11.2. The van der Waals surface area contributed by atoms with Gasteiger partial charge in [-0.25, -0.2) is 23.8 Å². The molecule has 45 heavy (non-hydrogen) atoms. The maximum atomic E-state index is 15.2. The van der Waals surface area contributed by atoms with Gasteiger partial charge in [0.2, 0.25) is 0 Å². The SMILES string of the molecule is CN1CCN(c2ccn(-c3ccc4nc(-c5ccccc5F)n(-c5ccc6c(c5)OC[C@@H]6NC(=O)OC(C)(C)C)c4n3)n2)CC1. The molecule has 1 saturated heterocycles. The lowest BCUT2D eigenvalue weighted by molar-refractivity contribution is 0.0497. The number of hydrogen-bond acceptors (Lipinski definition) is 8. The first-order chi connectivity index (χ1) is 21.6. The second-order valence-electron chi connectivity index (χ2n) is 12.4. The number of anilines is 1. The number of piperazine rings is 1. The van der Waals surface area contributed by atoms with Crippen molar-refractivity contribution in [2.45, 2.75) is 32.4 Å². The fraction of sp³-hybridized carbons (Fsp3) is 0.333.